The number of aromatic nitrogens is 3. The van der Waals surface area contributed by atoms with Gasteiger partial charge in [-0.3, -0.25) is 0 Å². The molecule has 9 heteroatoms. The van der Waals surface area contributed by atoms with Crippen LogP contribution in [0.25, 0.3) is 10.9 Å². The first kappa shape index (κ1) is 22.3. The Hall–Kier alpha value is -3.88. The van der Waals surface area contributed by atoms with E-state index in [9.17, 15) is 13.2 Å². The Morgan fingerprint density at radius 3 is 2.48 bits per heavy atom. The van der Waals surface area contributed by atoms with E-state index in [1.807, 2.05) is 55.5 Å². The van der Waals surface area contributed by atoms with Gasteiger partial charge in [0.15, 0.2) is 5.69 Å². The minimum atomic E-state index is -4.58. The maximum absolute atomic E-state index is 12.9. The van der Waals surface area contributed by atoms with Gasteiger partial charge in [0.2, 0.25) is 5.88 Å². The minimum absolute atomic E-state index is 0.0177. The van der Waals surface area contributed by atoms with Gasteiger partial charge in [0.25, 0.3) is 0 Å². The van der Waals surface area contributed by atoms with E-state index in [4.69, 9.17) is 14.5 Å². The van der Waals surface area contributed by atoms with Crippen LogP contribution in [0.3, 0.4) is 0 Å². The number of aryl methyl sites for hydroxylation is 1. The summed E-state index contributed by atoms with van der Waals surface area (Å²) in [5.41, 5.74) is 2.51. The molecule has 0 aliphatic heterocycles. The molecule has 4 rings (SSSR count). The zero-order valence-electron chi connectivity index (χ0n) is 18.0. The molecule has 6 nitrogen and oxygen atoms in total. The largest absolute Gasteiger partial charge is 0.497 e. The van der Waals surface area contributed by atoms with Crippen molar-refractivity contribution in [1.82, 2.24) is 15.0 Å². The highest BCUT2D eigenvalue weighted by molar-refractivity contribution is 5.82. The molecule has 0 aliphatic carbocycles. The fourth-order valence-corrected chi connectivity index (χ4v) is 3.26. The van der Waals surface area contributed by atoms with E-state index in [1.165, 1.54) is 0 Å². The molecule has 0 saturated carbocycles. The Balaban J connectivity index is 1.59. The van der Waals surface area contributed by atoms with Crippen LogP contribution in [-0.2, 0) is 19.3 Å². The summed E-state index contributed by atoms with van der Waals surface area (Å²) in [6.45, 7) is 2.45. The summed E-state index contributed by atoms with van der Waals surface area (Å²) in [5.74, 6) is 1.17. The number of pyridine rings is 1. The molecule has 0 fully saturated rings. The highest BCUT2D eigenvalue weighted by Gasteiger charge is 2.33. The van der Waals surface area contributed by atoms with Crippen molar-refractivity contribution in [2.75, 3.05) is 12.4 Å². The van der Waals surface area contributed by atoms with Gasteiger partial charge < -0.3 is 14.8 Å². The maximum Gasteiger partial charge on any atom is 0.433 e. The predicted octanol–water partition coefficient (Wildman–Crippen LogP) is 5.55. The molecule has 0 spiro atoms. The molecule has 2 aromatic heterocycles. The second kappa shape index (κ2) is 9.32. The Labute approximate surface area is 188 Å². The van der Waals surface area contributed by atoms with Crippen LogP contribution >= 0.6 is 0 Å². The van der Waals surface area contributed by atoms with Crippen molar-refractivity contribution < 1.29 is 22.6 Å². The summed E-state index contributed by atoms with van der Waals surface area (Å²) in [6, 6.07) is 16.2. The van der Waals surface area contributed by atoms with E-state index in [0.29, 0.717) is 17.9 Å². The van der Waals surface area contributed by atoms with Gasteiger partial charge in [-0.2, -0.15) is 13.2 Å². The monoisotopic (exact) mass is 454 g/mol. The number of hydrogen-bond donors (Lipinski definition) is 1. The summed E-state index contributed by atoms with van der Waals surface area (Å²) >= 11 is 0. The van der Waals surface area contributed by atoms with Gasteiger partial charge in [-0.15, -0.1) is 0 Å². The highest BCUT2D eigenvalue weighted by atomic mass is 19.4. The lowest BCUT2D eigenvalue weighted by atomic mass is 10.1. The van der Waals surface area contributed by atoms with Crippen LogP contribution in [0.5, 0.6) is 11.6 Å². The van der Waals surface area contributed by atoms with Crippen LogP contribution in [0.15, 0.2) is 60.9 Å². The number of nitrogens with zero attached hydrogens (tertiary/aromatic N) is 3. The van der Waals surface area contributed by atoms with Gasteiger partial charge in [0.1, 0.15) is 24.5 Å². The number of rotatable bonds is 7. The number of hydrogen-bond acceptors (Lipinski definition) is 6. The molecular weight excluding hydrogens is 433 g/mol. The molecule has 0 bridgehead atoms. The van der Waals surface area contributed by atoms with Crippen molar-refractivity contribution >= 4 is 16.7 Å². The molecule has 0 saturated heterocycles. The number of fused-ring (bicyclic) bond motifs is 1. The Morgan fingerprint density at radius 1 is 0.970 bits per heavy atom. The lowest BCUT2D eigenvalue weighted by molar-refractivity contribution is -0.141. The van der Waals surface area contributed by atoms with Crippen LogP contribution < -0.4 is 14.8 Å². The molecule has 0 unspecified atom stereocenters. The summed E-state index contributed by atoms with van der Waals surface area (Å²) in [5, 5.41) is 4.21. The third-order valence-electron chi connectivity index (χ3n) is 4.98. The Bertz CT molecular complexity index is 1260. The molecule has 2 aromatic carbocycles. The molecule has 4 aromatic rings. The van der Waals surface area contributed by atoms with E-state index in [0.717, 1.165) is 40.2 Å². The number of nitrogens with one attached hydrogen (secondary N) is 1. The molecule has 0 radical (unpaired) electrons. The zero-order valence-corrected chi connectivity index (χ0v) is 18.0. The second-order valence-electron chi connectivity index (χ2n) is 7.42. The van der Waals surface area contributed by atoms with Gasteiger partial charge in [0.05, 0.1) is 12.6 Å². The number of halogens is 3. The Kier molecular flexibility index (Phi) is 6.30. The van der Waals surface area contributed by atoms with Crippen LogP contribution in [0.2, 0.25) is 0 Å². The zero-order chi connectivity index (χ0) is 23.4. The first-order chi connectivity index (χ1) is 15.8. The van der Waals surface area contributed by atoms with Crippen molar-refractivity contribution in [2.24, 2.45) is 0 Å². The van der Waals surface area contributed by atoms with Crippen molar-refractivity contribution in [1.29, 1.82) is 0 Å². The van der Waals surface area contributed by atoms with Gasteiger partial charge in [-0.05, 0) is 42.8 Å². The van der Waals surface area contributed by atoms with Gasteiger partial charge in [-0.25, -0.2) is 15.0 Å². The number of benzene rings is 2. The van der Waals surface area contributed by atoms with Crippen molar-refractivity contribution in [3.63, 3.8) is 0 Å². The number of alkyl halides is 3. The molecule has 0 amide bonds. The SMILES string of the molecule is COc1ccc(CNc2nc3ccc(C)cc3cc2COc2cc(C(F)(F)F)ncn2)cc1. The fourth-order valence-electron chi connectivity index (χ4n) is 3.26. The van der Waals surface area contributed by atoms with E-state index >= 15 is 0 Å². The third kappa shape index (κ3) is 5.49. The molecule has 2 heterocycles. The van der Waals surface area contributed by atoms with Gasteiger partial charge >= 0.3 is 6.18 Å². The first-order valence-corrected chi connectivity index (χ1v) is 10.1. The van der Waals surface area contributed by atoms with E-state index in [2.05, 4.69) is 15.3 Å². The van der Waals surface area contributed by atoms with Crippen LogP contribution in [0, 0.1) is 6.92 Å². The summed E-state index contributed by atoms with van der Waals surface area (Å²) in [6.07, 6.45) is -3.74. The lowest BCUT2D eigenvalue weighted by Crippen LogP contribution is -2.10. The minimum Gasteiger partial charge on any atom is -0.497 e. The normalized spacial score (nSPS) is 11.4. The van der Waals surface area contributed by atoms with Gasteiger partial charge in [-0.1, -0.05) is 23.8 Å². The summed E-state index contributed by atoms with van der Waals surface area (Å²) in [7, 11) is 1.61. The lowest BCUT2D eigenvalue weighted by Gasteiger charge is -2.14. The van der Waals surface area contributed by atoms with Crippen LogP contribution in [0.1, 0.15) is 22.4 Å². The van der Waals surface area contributed by atoms with E-state index in [-0.39, 0.29) is 12.5 Å². The highest BCUT2D eigenvalue weighted by Crippen LogP contribution is 2.29. The summed E-state index contributed by atoms with van der Waals surface area (Å²) < 4.78 is 49.6. The average molecular weight is 454 g/mol. The molecule has 33 heavy (non-hydrogen) atoms. The standard InChI is InChI=1S/C24H21F3N4O2/c1-15-3-8-20-17(9-15)10-18(13-33-22-11-21(24(25,26)27)29-14-30-22)23(31-20)28-12-16-4-6-19(32-2)7-5-16/h3-11,14H,12-13H2,1-2H3,(H,28,31). The first-order valence-electron chi connectivity index (χ1n) is 10.1. The summed E-state index contributed by atoms with van der Waals surface area (Å²) in [4.78, 5) is 11.8. The molecule has 0 atom stereocenters. The topological polar surface area (TPSA) is 69.2 Å². The Morgan fingerprint density at radius 2 is 1.76 bits per heavy atom. The van der Waals surface area contributed by atoms with Crippen molar-refractivity contribution in [3.05, 3.63) is 83.3 Å². The number of methoxy groups -OCH3 is 1. The smallest absolute Gasteiger partial charge is 0.433 e. The van der Waals surface area contributed by atoms with Crippen LogP contribution in [-0.4, -0.2) is 22.1 Å². The quantitative estimate of drug-likeness (QED) is 0.395. The second-order valence-corrected chi connectivity index (χ2v) is 7.42. The fraction of sp³-hybridized carbons (Fsp3) is 0.208. The molecular formula is C24H21F3N4O2. The molecule has 1 N–H and O–H groups in total. The van der Waals surface area contributed by atoms with Crippen LogP contribution in [0.4, 0.5) is 19.0 Å². The van der Waals surface area contributed by atoms with Crippen molar-refractivity contribution in [2.45, 2.75) is 26.3 Å². The molecule has 0 aliphatic rings. The van der Waals surface area contributed by atoms with Gasteiger partial charge in [0, 0.05) is 23.6 Å². The average Bonchev–Trinajstić information content (AvgIpc) is 2.81. The van der Waals surface area contributed by atoms with E-state index < -0.39 is 11.9 Å². The number of ether oxygens (including phenoxy) is 2. The predicted molar refractivity (Wildman–Crippen MR) is 118 cm³/mol. The van der Waals surface area contributed by atoms with Crippen molar-refractivity contribution in [3.8, 4) is 11.6 Å². The van der Waals surface area contributed by atoms with E-state index in [1.54, 1.807) is 7.11 Å². The number of anilines is 1. The maximum atomic E-state index is 12.9. The third-order valence-corrected chi connectivity index (χ3v) is 4.98. The molecule has 170 valence electrons.